The first-order valence-corrected chi connectivity index (χ1v) is 5.57. The third-order valence-corrected chi connectivity index (χ3v) is 2.34. The summed E-state index contributed by atoms with van der Waals surface area (Å²) in [6.07, 6.45) is 1.14. The molecule has 0 atom stereocenters. The summed E-state index contributed by atoms with van der Waals surface area (Å²) in [4.78, 5) is 2.18. The Kier molecular flexibility index (Phi) is 5.55. The Balaban J connectivity index is 2.24. The summed E-state index contributed by atoms with van der Waals surface area (Å²) in [5.74, 6) is 0. The number of hydrogen-bond donors (Lipinski definition) is 1. The molecule has 0 aromatic heterocycles. The molecule has 0 fully saturated rings. The van der Waals surface area contributed by atoms with E-state index in [-0.39, 0.29) is 0 Å². The van der Waals surface area contributed by atoms with Crippen LogP contribution in [0.3, 0.4) is 0 Å². The summed E-state index contributed by atoms with van der Waals surface area (Å²) in [6, 6.07) is 9.88. The van der Waals surface area contributed by atoms with Crippen LogP contribution >= 0.6 is 0 Å². The van der Waals surface area contributed by atoms with Gasteiger partial charge in [-0.3, -0.25) is 0 Å². The molecule has 0 aliphatic heterocycles. The number of nitriles is 1. The minimum Gasteiger partial charge on any atom is -0.313 e. The Bertz CT molecular complexity index is 352. The Labute approximate surface area is 97.7 Å². The molecule has 0 aliphatic rings. The van der Waals surface area contributed by atoms with Crippen LogP contribution in [0.5, 0.6) is 0 Å². The summed E-state index contributed by atoms with van der Waals surface area (Å²) in [5.41, 5.74) is 1.90. The van der Waals surface area contributed by atoms with Gasteiger partial charge in [-0.1, -0.05) is 12.1 Å². The van der Waals surface area contributed by atoms with Crippen molar-refractivity contribution in [3.63, 3.8) is 0 Å². The summed E-state index contributed by atoms with van der Waals surface area (Å²) < 4.78 is 0. The highest BCUT2D eigenvalue weighted by Crippen LogP contribution is 2.03. The largest absolute Gasteiger partial charge is 0.313 e. The summed E-state index contributed by atoms with van der Waals surface area (Å²) in [7, 11) is 4.16. The van der Waals surface area contributed by atoms with Crippen LogP contribution in [0.25, 0.3) is 0 Å². The lowest BCUT2D eigenvalue weighted by Gasteiger charge is -2.09. The van der Waals surface area contributed by atoms with E-state index in [9.17, 15) is 0 Å². The molecule has 0 spiro atoms. The fourth-order valence-electron chi connectivity index (χ4n) is 1.50. The third kappa shape index (κ3) is 4.92. The average molecular weight is 217 g/mol. The molecule has 86 valence electrons. The molecule has 0 radical (unpaired) electrons. The van der Waals surface area contributed by atoms with E-state index >= 15 is 0 Å². The fraction of sp³-hybridized carbons (Fsp3) is 0.462. The maximum atomic E-state index is 8.76. The normalized spacial score (nSPS) is 10.4. The highest BCUT2D eigenvalue weighted by Gasteiger charge is 1.95. The lowest BCUT2D eigenvalue weighted by molar-refractivity contribution is 0.394. The van der Waals surface area contributed by atoms with Crippen LogP contribution in [0.1, 0.15) is 17.5 Å². The molecule has 1 N–H and O–H groups in total. The molecule has 0 unspecified atom stereocenters. The Morgan fingerprint density at radius 1 is 1.38 bits per heavy atom. The Morgan fingerprint density at radius 3 is 2.88 bits per heavy atom. The van der Waals surface area contributed by atoms with E-state index in [0.29, 0.717) is 0 Å². The summed E-state index contributed by atoms with van der Waals surface area (Å²) in [6.45, 7) is 2.95. The monoisotopic (exact) mass is 217 g/mol. The van der Waals surface area contributed by atoms with E-state index in [1.54, 1.807) is 0 Å². The topological polar surface area (TPSA) is 39.1 Å². The number of nitrogens with one attached hydrogen (secondary N) is 1. The van der Waals surface area contributed by atoms with Gasteiger partial charge in [-0.2, -0.15) is 5.26 Å². The van der Waals surface area contributed by atoms with Crippen molar-refractivity contribution >= 4 is 0 Å². The van der Waals surface area contributed by atoms with Gasteiger partial charge in [0, 0.05) is 6.54 Å². The third-order valence-electron chi connectivity index (χ3n) is 2.34. The van der Waals surface area contributed by atoms with Gasteiger partial charge < -0.3 is 10.2 Å². The first-order chi connectivity index (χ1) is 7.72. The van der Waals surface area contributed by atoms with Gasteiger partial charge in [0.1, 0.15) is 0 Å². The molecular formula is C13H19N3. The quantitative estimate of drug-likeness (QED) is 0.736. The number of benzene rings is 1. The van der Waals surface area contributed by atoms with Crippen LogP contribution in [0.2, 0.25) is 0 Å². The molecule has 1 aromatic carbocycles. The molecule has 16 heavy (non-hydrogen) atoms. The zero-order valence-electron chi connectivity index (χ0n) is 10.0. The lowest BCUT2D eigenvalue weighted by atomic mass is 10.1. The number of nitrogens with zero attached hydrogens (tertiary/aromatic N) is 2. The molecule has 0 saturated heterocycles. The standard InChI is InChI=1S/C13H19N3/c1-16(2)8-4-7-15-11-13-6-3-5-12(9-13)10-14/h3,5-6,9,15H,4,7-8,11H2,1-2H3. The van der Waals surface area contributed by atoms with Crippen molar-refractivity contribution in [3.05, 3.63) is 35.4 Å². The van der Waals surface area contributed by atoms with Gasteiger partial charge >= 0.3 is 0 Å². The number of rotatable bonds is 6. The second kappa shape index (κ2) is 7.00. The van der Waals surface area contributed by atoms with Crippen molar-refractivity contribution in [1.29, 1.82) is 5.26 Å². The van der Waals surface area contributed by atoms with E-state index in [1.165, 1.54) is 5.56 Å². The van der Waals surface area contributed by atoms with Gasteiger partial charge in [-0.25, -0.2) is 0 Å². The van der Waals surface area contributed by atoms with E-state index < -0.39 is 0 Å². The smallest absolute Gasteiger partial charge is 0.0991 e. The van der Waals surface area contributed by atoms with Crippen molar-refractivity contribution in [2.45, 2.75) is 13.0 Å². The molecule has 0 saturated carbocycles. The van der Waals surface area contributed by atoms with Gasteiger partial charge in [-0.15, -0.1) is 0 Å². The minimum atomic E-state index is 0.729. The van der Waals surface area contributed by atoms with Crippen molar-refractivity contribution in [2.75, 3.05) is 27.2 Å². The van der Waals surface area contributed by atoms with Crippen molar-refractivity contribution in [2.24, 2.45) is 0 Å². The van der Waals surface area contributed by atoms with Gasteiger partial charge in [0.05, 0.1) is 11.6 Å². The first-order valence-electron chi connectivity index (χ1n) is 5.57. The van der Waals surface area contributed by atoms with Crippen LogP contribution in [-0.4, -0.2) is 32.1 Å². The molecule has 1 rings (SSSR count). The zero-order chi connectivity index (χ0) is 11.8. The van der Waals surface area contributed by atoms with Crippen LogP contribution in [-0.2, 0) is 6.54 Å². The second-order valence-corrected chi connectivity index (χ2v) is 4.15. The van der Waals surface area contributed by atoms with Gasteiger partial charge in [0.2, 0.25) is 0 Å². The first kappa shape index (κ1) is 12.7. The lowest BCUT2D eigenvalue weighted by Crippen LogP contribution is -2.21. The fourth-order valence-corrected chi connectivity index (χ4v) is 1.50. The summed E-state index contributed by atoms with van der Waals surface area (Å²) >= 11 is 0. The maximum absolute atomic E-state index is 8.76. The zero-order valence-corrected chi connectivity index (χ0v) is 10.0. The van der Waals surface area contributed by atoms with Crippen molar-refractivity contribution in [1.82, 2.24) is 10.2 Å². The van der Waals surface area contributed by atoms with Crippen LogP contribution < -0.4 is 5.32 Å². The predicted octanol–water partition coefficient (Wildman–Crippen LogP) is 1.60. The van der Waals surface area contributed by atoms with Crippen LogP contribution in [0.15, 0.2) is 24.3 Å². The van der Waals surface area contributed by atoms with Gasteiger partial charge in [0.25, 0.3) is 0 Å². The molecule has 0 heterocycles. The SMILES string of the molecule is CN(C)CCCNCc1cccc(C#N)c1. The highest BCUT2D eigenvalue weighted by molar-refractivity contribution is 5.32. The van der Waals surface area contributed by atoms with Crippen molar-refractivity contribution < 1.29 is 0 Å². The van der Waals surface area contributed by atoms with Crippen molar-refractivity contribution in [3.8, 4) is 6.07 Å². The van der Waals surface area contributed by atoms with E-state index in [2.05, 4.69) is 30.4 Å². The van der Waals surface area contributed by atoms with Gasteiger partial charge in [0.15, 0.2) is 0 Å². The Hall–Kier alpha value is -1.37. The molecular weight excluding hydrogens is 198 g/mol. The minimum absolute atomic E-state index is 0.729. The van der Waals surface area contributed by atoms with E-state index in [4.69, 9.17) is 5.26 Å². The van der Waals surface area contributed by atoms with Gasteiger partial charge in [-0.05, 0) is 51.3 Å². The Morgan fingerprint density at radius 2 is 2.19 bits per heavy atom. The van der Waals surface area contributed by atoms with E-state index in [1.807, 2.05) is 24.3 Å². The molecule has 3 nitrogen and oxygen atoms in total. The molecule has 0 bridgehead atoms. The van der Waals surface area contributed by atoms with E-state index in [0.717, 1.165) is 31.6 Å². The second-order valence-electron chi connectivity index (χ2n) is 4.15. The number of hydrogen-bond acceptors (Lipinski definition) is 3. The summed E-state index contributed by atoms with van der Waals surface area (Å²) in [5, 5.41) is 12.1. The maximum Gasteiger partial charge on any atom is 0.0991 e. The predicted molar refractivity (Wildman–Crippen MR) is 66.0 cm³/mol. The highest BCUT2D eigenvalue weighted by atomic mass is 15.0. The van der Waals surface area contributed by atoms with Crippen LogP contribution in [0.4, 0.5) is 0 Å². The molecule has 0 amide bonds. The van der Waals surface area contributed by atoms with Crippen LogP contribution in [0, 0.1) is 11.3 Å². The molecule has 0 aliphatic carbocycles. The average Bonchev–Trinajstić information content (AvgIpc) is 2.28. The molecule has 1 aromatic rings. The molecule has 3 heteroatoms.